The summed E-state index contributed by atoms with van der Waals surface area (Å²) in [4.78, 5) is 24.0. The molecule has 0 fully saturated rings. The molecule has 7 heteroatoms. The lowest BCUT2D eigenvalue weighted by Crippen LogP contribution is -2.06. The van der Waals surface area contributed by atoms with Crippen LogP contribution in [0.25, 0.3) is 22.3 Å². The summed E-state index contributed by atoms with van der Waals surface area (Å²) in [6.45, 7) is 3.22. The fourth-order valence-electron chi connectivity index (χ4n) is 2.89. The summed E-state index contributed by atoms with van der Waals surface area (Å²) in [6.07, 6.45) is 0. The van der Waals surface area contributed by atoms with Crippen LogP contribution in [0.5, 0.6) is 17.2 Å². The highest BCUT2D eigenvalue weighted by Gasteiger charge is 2.26. The van der Waals surface area contributed by atoms with E-state index < -0.39 is 11.9 Å². The van der Waals surface area contributed by atoms with Gasteiger partial charge in [-0.2, -0.15) is 0 Å². The molecule has 0 N–H and O–H groups in total. The van der Waals surface area contributed by atoms with Gasteiger partial charge in [-0.3, -0.25) is 4.79 Å². The van der Waals surface area contributed by atoms with Gasteiger partial charge in [-0.15, -0.1) is 0 Å². The van der Waals surface area contributed by atoms with Crippen LogP contribution >= 0.6 is 0 Å². The quantitative estimate of drug-likeness (QED) is 0.465. The highest BCUT2D eigenvalue weighted by Crippen LogP contribution is 2.41. The monoisotopic (exact) mass is 384 g/mol. The molecule has 0 aliphatic rings. The number of hydrogen-bond donors (Lipinski definition) is 0. The molecule has 0 bridgehead atoms. The van der Waals surface area contributed by atoms with Crippen LogP contribution in [0.1, 0.15) is 24.2 Å². The van der Waals surface area contributed by atoms with E-state index in [-0.39, 0.29) is 17.9 Å². The molecule has 3 rings (SSSR count). The van der Waals surface area contributed by atoms with E-state index >= 15 is 0 Å². The van der Waals surface area contributed by atoms with Gasteiger partial charge in [0.05, 0.1) is 26.4 Å². The minimum atomic E-state index is -0.555. The van der Waals surface area contributed by atoms with Crippen molar-refractivity contribution in [1.82, 2.24) is 0 Å². The van der Waals surface area contributed by atoms with Crippen molar-refractivity contribution in [2.45, 2.75) is 13.8 Å². The van der Waals surface area contributed by atoms with Crippen molar-refractivity contribution in [3.05, 3.63) is 42.0 Å². The molecule has 28 heavy (non-hydrogen) atoms. The third-order valence-electron chi connectivity index (χ3n) is 4.05. The van der Waals surface area contributed by atoms with Gasteiger partial charge in [0, 0.05) is 12.3 Å². The minimum Gasteiger partial charge on any atom is -0.497 e. The summed E-state index contributed by atoms with van der Waals surface area (Å²) in [7, 11) is 3.07. The van der Waals surface area contributed by atoms with Gasteiger partial charge in [-0.25, -0.2) is 4.79 Å². The van der Waals surface area contributed by atoms with Gasteiger partial charge in [0.25, 0.3) is 0 Å². The van der Waals surface area contributed by atoms with Crippen LogP contribution in [-0.2, 0) is 9.53 Å². The zero-order valence-electron chi connectivity index (χ0n) is 16.0. The lowest BCUT2D eigenvalue weighted by molar-refractivity contribution is -0.131. The molecule has 0 spiro atoms. The third kappa shape index (κ3) is 3.64. The van der Waals surface area contributed by atoms with Crippen LogP contribution < -0.4 is 14.2 Å². The van der Waals surface area contributed by atoms with Crippen molar-refractivity contribution in [1.29, 1.82) is 0 Å². The first-order valence-electron chi connectivity index (χ1n) is 8.63. The first kappa shape index (κ1) is 19.3. The fourth-order valence-corrected chi connectivity index (χ4v) is 2.89. The summed E-state index contributed by atoms with van der Waals surface area (Å²) in [5.74, 6) is 0.647. The maximum absolute atomic E-state index is 12.7. The van der Waals surface area contributed by atoms with Crippen LogP contribution in [0.3, 0.4) is 0 Å². The molecule has 1 heterocycles. The zero-order valence-corrected chi connectivity index (χ0v) is 16.0. The minimum absolute atomic E-state index is 0.198. The number of carbonyl (C=O) groups is 2. The van der Waals surface area contributed by atoms with Crippen LogP contribution in [0.15, 0.2) is 40.8 Å². The molecule has 0 aliphatic heterocycles. The molecule has 2 aromatic carbocycles. The van der Waals surface area contributed by atoms with E-state index in [9.17, 15) is 9.59 Å². The molecule has 7 nitrogen and oxygen atoms in total. The van der Waals surface area contributed by atoms with Crippen LogP contribution in [0, 0.1) is 0 Å². The number of hydrogen-bond acceptors (Lipinski definition) is 7. The molecule has 0 saturated carbocycles. The van der Waals surface area contributed by atoms with Crippen molar-refractivity contribution >= 4 is 22.9 Å². The molecule has 0 aliphatic carbocycles. The average molecular weight is 384 g/mol. The fraction of sp³-hybridized carbons (Fsp3) is 0.238. The van der Waals surface area contributed by atoms with E-state index in [0.717, 1.165) is 0 Å². The van der Waals surface area contributed by atoms with Gasteiger partial charge in [0.15, 0.2) is 5.76 Å². The molecule has 1 aromatic heterocycles. The Labute approximate surface area is 161 Å². The summed E-state index contributed by atoms with van der Waals surface area (Å²) in [6, 6.07) is 9.98. The Bertz CT molecular complexity index is 1030. The second-order valence-corrected chi connectivity index (χ2v) is 5.84. The number of methoxy groups -OCH3 is 2. The van der Waals surface area contributed by atoms with Crippen LogP contribution in [-0.4, -0.2) is 32.8 Å². The summed E-state index contributed by atoms with van der Waals surface area (Å²) in [5.41, 5.74) is 1.20. The van der Waals surface area contributed by atoms with Gasteiger partial charge >= 0.3 is 11.9 Å². The highest BCUT2D eigenvalue weighted by molar-refractivity contribution is 6.09. The van der Waals surface area contributed by atoms with Crippen molar-refractivity contribution in [2.24, 2.45) is 0 Å². The maximum Gasteiger partial charge on any atom is 0.342 e. The van der Waals surface area contributed by atoms with Crippen molar-refractivity contribution in [2.75, 3.05) is 20.8 Å². The predicted molar refractivity (Wildman–Crippen MR) is 102 cm³/mol. The number of carbonyl (C=O) groups excluding carboxylic acids is 2. The normalized spacial score (nSPS) is 10.6. The Kier molecular flexibility index (Phi) is 5.54. The molecule has 3 aromatic rings. The van der Waals surface area contributed by atoms with E-state index in [1.807, 2.05) is 0 Å². The maximum atomic E-state index is 12.7. The van der Waals surface area contributed by atoms with Gasteiger partial charge in [0.1, 0.15) is 28.4 Å². The first-order chi connectivity index (χ1) is 13.5. The van der Waals surface area contributed by atoms with Gasteiger partial charge in [-0.1, -0.05) is 0 Å². The van der Waals surface area contributed by atoms with E-state index in [1.165, 1.54) is 14.0 Å². The highest BCUT2D eigenvalue weighted by atomic mass is 16.5. The van der Waals surface area contributed by atoms with E-state index in [2.05, 4.69) is 0 Å². The number of fused-ring (bicyclic) bond motifs is 1. The molecule has 0 amide bonds. The Balaban J connectivity index is 2.28. The predicted octanol–water partition coefficient (Wildman–Crippen LogP) is 4.22. The molecular formula is C21H20O7. The standard InChI is InChI=1S/C21H20O7/c1-5-26-21(23)19-15-11-14(27-12(2)22)7-9-18(15)28-20(19)16-10-13(24-3)6-8-17(16)25-4/h6-11H,5H2,1-4H3. The molecular weight excluding hydrogens is 364 g/mol. The lowest BCUT2D eigenvalue weighted by Gasteiger charge is -2.10. The van der Waals surface area contributed by atoms with Gasteiger partial charge in [-0.05, 0) is 43.3 Å². The van der Waals surface area contributed by atoms with Crippen molar-refractivity contribution in [3.63, 3.8) is 0 Å². The number of rotatable bonds is 6. The van der Waals surface area contributed by atoms with Gasteiger partial charge in [0.2, 0.25) is 0 Å². The molecule has 0 saturated heterocycles. The first-order valence-corrected chi connectivity index (χ1v) is 8.63. The lowest BCUT2D eigenvalue weighted by atomic mass is 10.0. The van der Waals surface area contributed by atoms with E-state index in [1.54, 1.807) is 50.4 Å². The number of esters is 2. The Morgan fingerprint density at radius 1 is 1.00 bits per heavy atom. The molecule has 146 valence electrons. The topological polar surface area (TPSA) is 84.2 Å². The number of furan rings is 1. The Morgan fingerprint density at radius 2 is 1.75 bits per heavy atom. The second-order valence-electron chi connectivity index (χ2n) is 5.84. The smallest absolute Gasteiger partial charge is 0.342 e. The summed E-state index contributed by atoms with van der Waals surface area (Å²) < 4.78 is 27.1. The largest absolute Gasteiger partial charge is 0.497 e. The van der Waals surface area contributed by atoms with Crippen LogP contribution in [0.4, 0.5) is 0 Å². The van der Waals surface area contributed by atoms with E-state index in [4.69, 9.17) is 23.4 Å². The summed E-state index contributed by atoms with van der Waals surface area (Å²) >= 11 is 0. The van der Waals surface area contributed by atoms with Crippen molar-refractivity contribution in [3.8, 4) is 28.6 Å². The number of benzene rings is 2. The number of ether oxygens (including phenoxy) is 4. The van der Waals surface area contributed by atoms with Crippen LogP contribution in [0.2, 0.25) is 0 Å². The van der Waals surface area contributed by atoms with E-state index in [0.29, 0.717) is 33.8 Å². The second kappa shape index (κ2) is 8.04. The third-order valence-corrected chi connectivity index (χ3v) is 4.05. The molecule has 0 radical (unpaired) electrons. The Morgan fingerprint density at radius 3 is 2.39 bits per heavy atom. The Hall–Kier alpha value is -3.48. The molecule has 0 atom stereocenters. The average Bonchev–Trinajstić information content (AvgIpc) is 3.05. The zero-order chi connectivity index (χ0) is 20.3. The van der Waals surface area contributed by atoms with Crippen molar-refractivity contribution < 1.29 is 33.0 Å². The summed E-state index contributed by atoms with van der Waals surface area (Å²) in [5, 5.41) is 0.470. The SMILES string of the molecule is CCOC(=O)c1c(-c2cc(OC)ccc2OC)oc2ccc(OC(C)=O)cc12. The van der Waals surface area contributed by atoms with Gasteiger partial charge < -0.3 is 23.4 Å². The molecule has 0 unspecified atom stereocenters.